The van der Waals surface area contributed by atoms with Crippen molar-refractivity contribution in [3.8, 4) is 5.75 Å². The number of benzene rings is 1. The number of likely N-dealkylation sites (N-methyl/N-ethyl adjacent to an activating group) is 1. The van der Waals surface area contributed by atoms with Gasteiger partial charge in [-0.3, -0.25) is 4.79 Å². The summed E-state index contributed by atoms with van der Waals surface area (Å²) in [4.78, 5) is 13.7. The first-order valence-electron chi connectivity index (χ1n) is 7.74. The molecule has 116 valence electrons. The van der Waals surface area contributed by atoms with Crippen LogP contribution in [0.4, 0.5) is 0 Å². The number of carbonyl (C=O) groups is 1. The van der Waals surface area contributed by atoms with E-state index in [1.54, 1.807) is 4.90 Å². The second kappa shape index (κ2) is 7.46. The van der Waals surface area contributed by atoms with E-state index < -0.39 is 0 Å². The smallest absolute Gasteiger partial charge is 0.260 e. The normalized spacial score (nSPS) is 14.3. The number of ether oxygens (including phenoxy) is 1. The van der Waals surface area contributed by atoms with E-state index in [-0.39, 0.29) is 12.5 Å². The van der Waals surface area contributed by atoms with Crippen LogP contribution in [0.1, 0.15) is 32.3 Å². The van der Waals surface area contributed by atoms with E-state index in [0.29, 0.717) is 12.0 Å². The Hall–Kier alpha value is -1.55. The molecule has 2 rings (SSSR count). The molecule has 1 amide bonds. The summed E-state index contributed by atoms with van der Waals surface area (Å²) in [7, 11) is 1.85. The van der Waals surface area contributed by atoms with Crippen LogP contribution in [-0.2, 0) is 11.3 Å². The number of hydrogen-bond donors (Lipinski definition) is 1. The Morgan fingerprint density at radius 3 is 2.57 bits per heavy atom. The van der Waals surface area contributed by atoms with E-state index in [9.17, 15) is 4.79 Å². The Balaban J connectivity index is 1.72. The highest BCUT2D eigenvalue weighted by molar-refractivity contribution is 5.78. The molecule has 1 N–H and O–H groups in total. The predicted molar refractivity (Wildman–Crippen MR) is 84.3 cm³/mol. The van der Waals surface area contributed by atoms with Crippen LogP contribution in [0.25, 0.3) is 0 Å². The van der Waals surface area contributed by atoms with Gasteiger partial charge in [0.1, 0.15) is 5.75 Å². The molecule has 1 aromatic carbocycles. The molecular formula is C17H26N2O2. The Labute approximate surface area is 127 Å². The summed E-state index contributed by atoms with van der Waals surface area (Å²) in [5, 5.41) is 3.40. The van der Waals surface area contributed by atoms with E-state index in [1.165, 1.54) is 5.56 Å². The fourth-order valence-electron chi connectivity index (χ4n) is 2.12. The van der Waals surface area contributed by atoms with Gasteiger partial charge in [-0.05, 0) is 43.0 Å². The fraction of sp³-hybridized carbons (Fsp3) is 0.588. The van der Waals surface area contributed by atoms with E-state index >= 15 is 0 Å². The first-order valence-corrected chi connectivity index (χ1v) is 7.74. The van der Waals surface area contributed by atoms with Gasteiger partial charge in [-0.1, -0.05) is 26.0 Å². The third kappa shape index (κ3) is 5.38. The molecule has 21 heavy (non-hydrogen) atoms. The van der Waals surface area contributed by atoms with Crippen LogP contribution in [0.3, 0.4) is 0 Å². The summed E-state index contributed by atoms with van der Waals surface area (Å²) in [6.07, 6.45) is 2.25. The number of nitrogens with zero attached hydrogens (tertiary/aromatic N) is 1. The lowest BCUT2D eigenvalue weighted by Gasteiger charge is -2.16. The van der Waals surface area contributed by atoms with Crippen molar-refractivity contribution in [2.24, 2.45) is 5.92 Å². The summed E-state index contributed by atoms with van der Waals surface area (Å²) in [5.74, 6) is 1.46. The minimum Gasteiger partial charge on any atom is -0.484 e. The van der Waals surface area contributed by atoms with Crippen LogP contribution in [0, 0.1) is 5.92 Å². The van der Waals surface area contributed by atoms with Crippen LogP contribution in [0.15, 0.2) is 24.3 Å². The van der Waals surface area contributed by atoms with Crippen molar-refractivity contribution in [2.75, 3.05) is 20.2 Å². The van der Waals surface area contributed by atoms with Crippen molar-refractivity contribution in [1.82, 2.24) is 10.2 Å². The molecule has 1 aliphatic rings. The monoisotopic (exact) mass is 290 g/mol. The molecule has 1 aromatic rings. The van der Waals surface area contributed by atoms with Gasteiger partial charge in [0.05, 0.1) is 0 Å². The fourth-order valence-corrected chi connectivity index (χ4v) is 2.12. The zero-order valence-corrected chi connectivity index (χ0v) is 13.3. The average Bonchev–Trinajstić information content (AvgIpc) is 3.29. The van der Waals surface area contributed by atoms with E-state index in [0.717, 1.165) is 31.7 Å². The third-order valence-corrected chi connectivity index (χ3v) is 3.66. The second-order valence-corrected chi connectivity index (χ2v) is 6.19. The van der Waals surface area contributed by atoms with Crippen molar-refractivity contribution in [3.63, 3.8) is 0 Å². The molecule has 4 heteroatoms. The van der Waals surface area contributed by atoms with Crippen molar-refractivity contribution >= 4 is 5.91 Å². The number of hydrogen-bond acceptors (Lipinski definition) is 3. The molecule has 0 aromatic heterocycles. The quantitative estimate of drug-likeness (QED) is 0.799. The molecule has 0 saturated heterocycles. The predicted octanol–water partition coefficient (Wildman–Crippen LogP) is 2.43. The topological polar surface area (TPSA) is 41.6 Å². The van der Waals surface area contributed by atoms with Gasteiger partial charge in [0.15, 0.2) is 6.61 Å². The van der Waals surface area contributed by atoms with Crippen LogP contribution >= 0.6 is 0 Å². The van der Waals surface area contributed by atoms with Gasteiger partial charge in [0.25, 0.3) is 5.91 Å². The van der Waals surface area contributed by atoms with Crippen molar-refractivity contribution < 1.29 is 9.53 Å². The number of rotatable bonds is 8. The van der Waals surface area contributed by atoms with Crippen LogP contribution < -0.4 is 10.1 Å². The standard InChI is InChI=1S/C17H26N2O2/c1-13(2)10-18-11-14-4-8-16(9-5-14)21-12-17(20)19(3)15-6-7-15/h4-5,8-9,13,15,18H,6-7,10-12H2,1-3H3. The summed E-state index contributed by atoms with van der Waals surface area (Å²) >= 11 is 0. The molecule has 0 heterocycles. The third-order valence-electron chi connectivity index (χ3n) is 3.66. The van der Waals surface area contributed by atoms with Gasteiger partial charge < -0.3 is 15.0 Å². The van der Waals surface area contributed by atoms with Gasteiger partial charge in [-0.15, -0.1) is 0 Å². The molecule has 0 spiro atoms. The van der Waals surface area contributed by atoms with E-state index in [4.69, 9.17) is 4.74 Å². The van der Waals surface area contributed by atoms with Crippen molar-refractivity contribution in [1.29, 1.82) is 0 Å². The molecular weight excluding hydrogens is 264 g/mol. The summed E-state index contributed by atoms with van der Waals surface area (Å²) in [5.41, 5.74) is 1.23. The zero-order chi connectivity index (χ0) is 15.2. The molecule has 4 nitrogen and oxygen atoms in total. The largest absolute Gasteiger partial charge is 0.484 e. The first-order chi connectivity index (χ1) is 10.1. The molecule has 1 fully saturated rings. The average molecular weight is 290 g/mol. The molecule has 1 aliphatic carbocycles. The van der Waals surface area contributed by atoms with Crippen molar-refractivity contribution in [3.05, 3.63) is 29.8 Å². The molecule has 1 saturated carbocycles. The Morgan fingerprint density at radius 1 is 1.33 bits per heavy atom. The lowest BCUT2D eigenvalue weighted by atomic mass is 10.2. The van der Waals surface area contributed by atoms with Gasteiger partial charge in [-0.25, -0.2) is 0 Å². The highest BCUT2D eigenvalue weighted by Crippen LogP contribution is 2.25. The minimum atomic E-state index is 0.0557. The number of nitrogens with one attached hydrogen (secondary N) is 1. The lowest BCUT2D eigenvalue weighted by molar-refractivity contribution is -0.132. The SMILES string of the molecule is CC(C)CNCc1ccc(OCC(=O)N(C)C2CC2)cc1. The van der Waals surface area contributed by atoms with Gasteiger partial charge in [-0.2, -0.15) is 0 Å². The zero-order valence-electron chi connectivity index (χ0n) is 13.3. The summed E-state index contributed by atoms with van der Waals surface area (Å²) < 4.78 is 5.55. The minimum absolute atomic E-state index is 0.0557. The summed E-state index contributed by atoms with van der Waals surface area (Å²) in [6, 6.07) is 8.37. The first kappa shape index (κ1) is 15.8. The van der Waals surface area contributed by atoms with Crippen LogP contribution in [0.5, 0.6) is 5.75 Å². The van der Waals surface area contributed by atoms with Gasteiger partial charge in [0, 0.05) is 19.6 Å². The second-order valence-electron chi connectivity index (χ2n) is 6.19. The number of amides is 1. The molecule has 0 atom stereocenters. The Bertz CT molecular complexity index is 452. The van der Waals surface area contributed by atoms with Crippen LogP contribution in [-0.4, -0.2) is 37.0 Å². The maximum absolute atomic E-state index is 11.9. The van der Waals surface area contributed by atoms with Crippen LogP contribution in [0.2, 0.25) is 0 Å². The molecule has 0 radical (unpaired) electrons. The number of carbonyl (C=O) groups excluding carboxylic acids is 1. The maximum Gasteiger partial charge on any atom is 0.260 e. The maximum atomic E-state index is 11.9. The van der Waals surface area contributed by atoms with Gasteiger partial charge in [0.2, 0.25) is 0 Å². The van der Waals surface area contributed by atoms with Crippen molar-refractivity contribution in [2.45, 2.75) is 39.3 Å². The highest BCUT2D eigenvalue weighted by Gasteiger charge is 2.29. The Morgan fingerprint density at radius 2 is 2.00 bits per heavy atom. The lowest BCUT2D eigenvalue weighted by Crippen LogP contribution is -2.33. The molecule has 0 unspecified atom stereocenters. The Kier molecular flexibility index (Phi) is 5.62. The van der Waals surface area contributed by atoms with E-state index in [1.807, 2.05) is 31.3 Å². The van der Waals surface area contributed by atoms with Gasteiger partial charge >= 0.3 is 0 Å². The molecule has 0 aliphatic heterocycles. The molecule has 0 bridgehead atoms. The summed E-state index contributed by atoms with van der Waals surface area (Å²) in [6.45, 7) is 6.39. The van der Waals surface area contributed by atoms with E-state index in [2.05, 4.69) is 19.2 Å². The highest BCUT2D eigenvalue weighted by atomic mass is 16.5.